The molecule has 3 saturated carbocycles. The number of hydrogen-bond acceptors (Lipinski definition) is 4. The number of hydrogen-bond donors (Lipinski definition) is 0. The molecular weight excluding hydrogens is 220 g/mol. The molecule has 0 spiro atoms. The molecular formula is C13H16O4. The van der Waals surface area contributed by atoms with Crippen LogP contribution in [0.15, 0.2) is 0 Å². The number of Topliss-reactive ketones (excluding diaryl/α,β-unsaturated/α-hetero) is 2. The molecule has 0 unspecified atom stereocenters. The van der Waals surface area contributed by atoms with E-state index in [9.17, 15) is 14.4 Å². The third-order valence-electron chi connectivity index (χ3n) is 4.37. The number of rotatable bonds is 5. The Morgan fingerprint density at radius 2 is 1.53 bits per heavy atom. The van der Waals surface area contributed by atoms with Gasteiger partial charge in [0, 0.05) is 5.92 Å². The minimum atomic E-state index is -0.963. The third-order valence-corrected chi connectivity index (χ3v) is 4.37. The van der Waals surface area contributed by atoms with Crippen LogP contribution in [0.1, 0.15) is 38.5 Å². The van der Waals surface area contributed by atoms with Gasteiger partial charge in [-0.2, -0.15) is 0 Å². The zero-order chi connectivity index (χ0) is 12.3. The van der Waals surface area contributed by atoms with E-state index in [1.807, 2.05) is 0 Å². The first-order valence-electron chi connectivity index (χ1n) is 6.24. The summed E-state index contributed by atoms with van der Waals surface area (Å²) in [5.41, 5.74) is -1.76. The van der Waals surface area contributed by atoms with Gasteiger partial charge < -0.3 is 4.74 Å². The lowest BCUT2D eigenvalue weighted by Crippen LogP contribution is -2.38. The third kappa shape index (κ3) is 1.39. The first kappa shape index (κ1) is 10.9. The van der Waals surface area contributed by atoms with Crippen molar-refractivity contribution in [2.75, 3.05) is 7.11 Å². The smallest absolute Gasteiger partial charge is 0.319 e. The molecule has 92 valence electrons. The van der Waals surface area contributed by atoms with Crippen molar-refractivity contribution >= 4 is 17.5 Å². The fraction of sp³-hybridized carbons (Fsp3) is 0.769. The summed E-state index contributed by atoms with van der Waals surface area (Å²) in [4.78, 5) is 36.3. The van der Waals surface area contributed by atoms with Gasteiger partial charge in [-0.3, -0.25) is 14.4 Å². The minimum absolute atomic E-state index is 0.0925. The Kier molecular flexibility index (Phi) is 2.04. The van der Waals surface area contributed by atoms with Crippen LogP contribution in [-0.4, -0.2) is 24.6 Å². The topological polar surface area (TPSA) is 60.4 Å². The molecule has 4 nitrogen and oxygen atoms in total. The summed E-state index contributed by atoms with van der Waals surface area (Å²) in [7, 11) is 1.30. The second-order valence-electron chi connectivity index (χ2n) is 5.62. The summed E-state index contributed by atoms with van der Waals surface area (Å²) in [5.74, 6) is -0.404. The van der Waals surface area contributed by atoms with Crippen LogP contribution >= 0.6 is 0 Å². The highest BCUT2D eigenvalue weighted by Gasteiger charge is 2.70. The highest BCUT2D eigenvalue weighted by atomic mass is 16.5. The molecule has 0 aromatic heterocycles. The van der Waals surface area contributed by atoms with Crippen molar-refractivity contribution < 1.29 is 19.1 Å². The number of esters is 1. The van der Waals surface area contributed by atoms with Gasteiger partial charge in [-0.05, 0) is 38.5 Å². The lowest BCUT2D eigenvalue weighted by molar-refractivity contribution is -0.154. The second kappa shape index (κ2) is 3.18. The van der Waals surface area contributed by atoms with Gasteiger partial charge in [0.05, 0.1) is 12.5 Å². The number of carbonyl (C=O) groups excluding carboxylic acids is 3. The zero-order valence-electron chi connectivity index (χ0n) is 9.95. The quantitative estimate of drug-likeness (QED) is 0.532. The van der Waals surface area contributed by atoms with Crippen molar-refractivity contribution in [3.63, 3.8) is 0 Å². The van der Waals surface area contributed by atoms with E-state index in [0.717, 1.165) is 12.8 Å². The summed E-state index contributed by atoms with van der Waals surface area (Å²) in [5, 5.41) is 0. The Morgan fingerprint density at radius 3 is 1.88 bits per heavy atom. The molecule has 17 heavy (non-hydrogen) atoms. The van der Waals surface area contributed by atoms with Crippen LogP contribution in [0.4, 0.5) is 0 Å². The SMILES string of the molecule is COC(=O)C1(C(=O)C2(C(=O)C3CC3)CC2)CC1. The molecule has 0 N–H and O–H groups in total. The van der Waals surface area contributed by atoms with E-state index in [2.05, 4.69) is 0 Å². The Labute approximate surface area is 99.7 Å². The van der Waals surface area contributed by atoms with Gasteiger partial charge >= 0.3 is 5.97 Å². The molecule has 3 fully saturated rings. The van der Waals surface area contributed by atoms with Crippen LogP contribution in [0.25, 0.3) is 0 Å². The Bertz CT molecular complexity index is 411. The normalized spacial score (nSPS) is 27.1. The maximum absolute atomic E-state index is 12.5. The van der Waals surface area contributed by atoms with E-state index >= 15 is 0 Å². The van der Waals surface area contributed by atoms with Crippen molar-refractivity contribution in [3.8, 4) is 0 Å². The summed E-state index contributed by atoms with van der Waals surface area (Å²) in [6, 6.07) is 0. The fourth-order valence-corrected chi connectivity index (χ4v) is 2.75. The largest absolute Gasteiger partial charge is 0.468 e. The molecule has 0 radical (unpaired) electrons. The van der Waals surface area contributed by atoms with Gasteiger partial charge in [-0.1, -0.05) is 0 Å². The van der Waals surface area contributed by atoms with Crippen LogP contribution in [0.3, 0.4) is 0 Å². The maximum atomic E-state index is 12.5. The molecule has 3 aliphatic rings. The molecule has 0 bridgehead atoms. The molecule has 0 aliphatic heterocycles. The van der Waals surface area contributed by atoms with E-state index in [1.54, 1.807) is 0 Å². The Balaban J connectivity index is 1.82. The van der Waals surface area contributed by atoms with E-state index in [0.29, 0.717) is 25.7 Å². The number of ketones is 2. The summed E-state index contributed by atoms with van der Waals surface area (Å²) in [6.45, 7) is 0. The minimum Gasteiger partial charge on any atom is -0.468 e. The average molecular weight is 236 g/mol. The molecule has 0 saturated heterocycles. The molecule has 4 heteroatoms. The van der Waals surface area contributed by atoms with Gasteiger partial charge in [0.15, 0.2) is 5.78 Å². The van der Waals surface area contributed by atoms with Crippen molar-refractivity contribution in [1.29, 1.82) is 0 Å². The van der Waals surface area contributed by atoms with E-state index in [4.69, 9.17) is 4.74 Å². The molecule has 3 aliphatic carbocycles. The van der Waals surface area contributed by atoms with Gasteiger partial charge in [0.2, 0.25) is 0 Å². The van der Waals surface area contributed by atoms with Crippen LogP contribution in [0.5, 0.6) is 0 Å². The fourth-order valence-electron chi connectivity index (χ4n) is 2.75. The predicted molar refractivity (Wildman–Crippen MR) is 58.1 cm³/mol. The molecule has 3 rings (SSSR count). The lowest BCUT2D eigenvalue weighted by Gasteiger charge is -2.18. The highest BCUT2D eigenvalue weighted by molar-refractivity contribution is 6.20. The average Bonchev–Trinajstić information content (AvgIpc) is 3.16. The van der Waals surface area contributed by atoms with Crippen molar-refractivity contribution in [1.82, 2.24) is 0 Å². The van der Waals surface area contributed by atoms with Gasteiger partial charge in [0.25, 0.3) is 0 Å². The standard InChI is InChI=1S/C13H16O4/c1-17-11(16)13(6-7-13)10(15)12(4-5-12)9(14)8-2-3-8/h8H,2-7H2,1H3. The van der Waals surface area contributed by atoms with E-state index < -0.39 is 16.8 Å². The predicted octanol–water partition coefficient (Wildman–Crippen LogP) is 1.27. The van der Waals surface area contributed by atoms with E-state index in [-0.39, 0.29) is 17.5 Å². The maximum Gasteiger partial charge on any atom is 0.319 e. The Morgan fingerprint density at radius 1 is 1.00 bits per heavy atom. The van der Waals surface area contributed by atoms with Crippen LogP contribution < -0.4 is 0 Å². The second-order valence-corrected chi connectivity index (χ2v) is 5.62. The number of methoxy groups -OCH3 is 1. The first-order valence-corrected chi connectivity index (χ1v) is 6.24. The molecule has 0 amide bonds. The summed E-state index contributed by atoms with van der Waals surface area (Å²) < 4.78 is 4.71. The summed E-state index contributed by atoms with van der Waals surface area (Å²) in [6.07, 6.45) is 4.22. The van der Waals surface area contributed by atoms with Crippen molar-refractivity contribution in [3.05, 3.63) is 0 Å². The van der Waals surface area contributed by atoms with Gasteiger partial charge in [0.1, 0.15) is 11.2 Å². The molecule has 0 aromatic carbocycles. The van der Waals surface area contributed by atoms with Crippen LogP contribution in [0, 0.1) is 16.7 Å². The lowest BCUT2D eigenvalue weighted by atomic mass is 9.83. The molecule has 0 atom stereocenters. The van der Waals surface area contributed by atoms with Gasteiger partial charge in [-0.15, -0.1) is 0 Å². The summed E-state index contributed by atoms with van der Waals surface area (Å²) >= 11 is 0. The van der Waals surface area contributed by atoms with Crippen molar-refractivity contribution in [2.24, 2.45) is 16.7 Å². The zero-order valence-corrected chi connectivity index (χ0v) is 9.95. The van der Waals surface area contributed by atoms with Crippen LogP contribution in [0.2, 0.25) is 0 Å². The first-order chi connectivity index (χ1) is 8.07. The number of ether oxygens (including phenoxy) is 1. The van der Waals surface area contributed by atoms with E-state index in [1.165, 1.54) is 7.11 Å². The molecule has 0 heterocycles. The monoisotopic (exact) mass is 236 g/mol. The van der Waals surface area contributed by atoms with Crippen molar-refractivity contribution in [2.45, 2.75) is 38.5 Å². The Hall–Kier alpha value is -1.19. The molecule has 0 aromatic rings. The number of carbonyl (C=O) groups is 3. The van der Waals surface area contributed by atoms with Crippen LogP contribution in [-0.2, 0) is 19.1 Å². The highest BCUT2D eigenvalue weighted by Crippen LogP contribution is 2.61. The van der Waals surface area contributed by atoms with Gasteiger partial charge in [-0.25, -0.2) is 0 Å².